The van der Waals surface area contributed by atoms with Crippen LogP contribution in [0.25, 0.3) is 0 Å². The number of anilines is 2. The quantitative estimate of drug-likeness (QED) is 0.681. The first-order valence-corrected chi connectivity index (χ1v) is 9.92. The molecule has 1 amide bonds. The van der Waals surface area contributed by atoms with E-state index in [1.165, 1.54) is 12.1 Å². The molecule has 2 aromatic carbocycles. The summed E-state index contributed by atoms with van der Waals surface area (Å²) >= 11 is 5.03. The predicted octanol–water partition coefficient (Wildman–Crippen LogP) is 3.33. The van der Waals surface area contributed by atoms with Crippen LogP contribution < -0.4 is 15.4 Å². The molecule has 3 N–H and O–H groups in total. The zero-order valence-corrected chi connectivity index (χ0v) is 16.4. The fourth-order valence-corrected chi connectivity index (χ4v) is 3.70. The van der Waals surface area contributed by atoms with Gasteiger partial charge in [0.2, 0.25) is 5.91 Å². The number of aryl methyl sites for hydroxylation is 2. The zero-order valence-electron chi connectivity index (χ0n) is 14.8. The van der Waals surface area contributed by atoms with Gasteiger partial charge in [-0.25, -0.2) is 8.42 Å². The third-order valence-electron chi connectivity index (χ3n) is 3.71. The Morgan fingerprint density at radius 2 is 1.62 bits per heavy atom. The van der Waals surface area contributed by atoms with Crippen molar-refractivity contribution in [3.05, 3.63) is 53.6 Å². The van der Waals surface area contributed by atoms with Crippen LogP contribution in [-0.2, 0) is 14.8 Å². The molecule has 6 nitrogen and oxygen atoms in total. The van der Waals surface area contributed by atoms with Gasteiger partial charge >= 0.3 is 0 Å². The standard InChI is InChI=1S/C18H21N3O3S2/c1-4-16(22)20-18(25)19-14-8-10-15(11-9-14)26(23,24)21-17-12(2)6-5-7-13(17)3/h5-11,21H,4H2,1-3H3,(H2,19,20,22,25). The van der Waals surface area contributed by atoms with Crippen LogP contribution in [0.3, 0.4) is 0 Å². The van der Waals surface area contributed by atoms with Crippen molar-refractivity contribution in [2.24, 2.45) is 0 Å². The fourth-order valence-electron chi connectivity index (χ4n) is 2.26. The van der Waals surface area contributed by atoms with E-state index >= 15 is 0 Å². The lowest BCUT2D eigenvalue weighted by atomic mass is 10.1. The Kier molecular flexibility index (Phi) is 6.33. The largest absolute Gasteiger partial charge is 0.332 e. The minimum absolute atomic E-state index is 0.134. The third kappa shape index (κ3) is 5.03. The van der Waals surface area contributed by atoms with E-state index < -0.39 is 10.0 Å². The van der Waals surface area contributed by atoms with E-state index in [1.807, 2.05) is 32.0 Å². The number of para-hydroxylation sites is 1. The molecule has 0 aliphatic carbocycles. The van der Waals surface area contributed by atoms with Crippen LogP contribution in [0.5, 0.6) is 0 Å². The summed E-state index contributed by atoms with van der Waals surface area (Å²) in [7, 11) is -3.71. The number of nitrogens with one attached hydrogen (secondary N) is 3. The van der Waals surface area contributed by atoms with Crippen LogP contribution in [0.2, 0.25) is 0 Å². The van der Waals surface area contributed by atoms with Gasteiger partial charge in [-0.2, -0.15) is 0 Å². The average molecular weight is 392 g/mol. The molecule has 0 radical (unpaired) electrons. The highest BCUT2D eigenvalue weighted by molar-refractivity contribution is 7.92. The summed E-state index contributed by atoms with van der Waals surface area (Å²) in [5, 5.41) is 5.52. The zero-order chi connectivity index (χ0) is 19.3. The number of carbonyl (C=O) groups excluding carboxylic acids is 1. The monoisotopic (exact) mass is 391 g/mol. The van der Waals surface area contributed by atoms with Gasteiger partial charge in [0.05, 0.1) is 10.6 Å². The summed E-state index contributed by atoms with van der Waals surface area (Å²) in [6.07, 6.45) is 0.322. The van der Waals surface area contributed by atoms with E-state index in [1.54, 1.807) is 19.1 Å². The second-order valence-electron chi connectivity index (χ2n) is 5.75. The fraction of sp³-hybridized carbons (Fsp3) is 0.222. The predicted molar refractivity (Wildman–Crippen MR) is 108 cm³/mol. The van der Waals surface area contributed by atoms with Crippen molar-refractivity contribution in [1.29, 1.82) is 0 Å². The van der Waals surface area contributed by atoms with E-state index in [0.717, 1.165) is 11.1 Å². The first-order valence-electron chi connectivity index (χ1n) is 8.03. The smallest absolute Gasteiger partial charge is 0.261 e. The Bertz CT molecular complexity index is 903. The van der Waals surface area contributed by atoms with Crippen LogP contribution in [0.4, 0.5) is 11.4 Å². The van der Waals surface area contributed by atoms with Crippen LogP contribution >= 0.6 is 12.2 Å². The van der Waals surface area contributed by atoms with Crippen molar-refractivity contribution < 1.29 is 13.2 Å². The van der Waals surface area contributed by atoms with Gasteiger partial charge in [-0.1, -0.05) is 25.1 Å². The average Bonchev–Trinajstić information content (AvgIpc) is 2.58. The summed E-state index contributed by atoms with van der Waals surface area (Å²) in [6.45, 7) is 5.42. The van der Waals surface area contributed by atoms with Gasteiger partial charge in [-0.3, -0.25) is 9.52 Å². The number of hydrogen-bond donors (Lipinski definition) is 3. The van der Waals surface area contributed by atoms with Crippen LogP contribution in [0, 0.1) is 13.8 Å². The topological polar surface area (TPSA) is 87.3 Å². The molecule has 0 aliphatic rings. The highest BCUT2D eigenvalue weighted by Crippen LogP contribution is 2.24. The van der Waals surface area contributed by atoms with Crippen molar-refractivity contribution in [3.8, 4) is 0 Å². The van der Waals surface area contributed by atoms with E-state index in [9.17, 15) is 13.2 Å². The van der Waals surface area contributed by atoms with Gasteiger partial charge in [-0.05, 0) is 61.5 Å². The number of carbonyl (C=O) groups is 1. The first kappa shape index (κ1) is 19.9. The lowest BCUT2D eigenvalue weighted by Gasteiger charge is -2.14. The lowest BCUT2D eigenvalue weighted by molar-refractivity contribution is -0.119. The van der Waals surface area contributed by atoms with Crippen molar-refractivity contribution >= 4 is 44.6 Å². The minimum Gasteiger partial charge on any atom is -0.332 e. The molecule has 26 heavy (non-hydrogen) atoms. The molecule has 0 aliphatic heterocycles. The molecular formula is C18H21N3O3S2. The normalized spacial score (nSPS) is 10.9. The number of thiocarbonyl (C=S) groups is 1. The molecule has 0 heterocycles. The van der Waals surface area contributed by atoms with Gasteiger partial charge in [-0.15, -0.1) is 0 Å². The lowest BCUT2D eigenvalue weighted by Crippen LogP contribution is -2.33. The molecule has 2 aromatic rings. The van der Waals surface area contributed by atoms with Gasteiger partial charge in [0, 0.05) is 12.1 Å². The minimum atomic E-state index is -3.71. The SMILES string of the molecule is CCC(=O)NC(=S)Nc1ccc(S(=O)(=O)Nc2c(C)cccc2C)cc1. The Morgan fingerprint density at radius 3 is 2.15 bits per heavy atom. The summed E-state index contributed by atoms with van der Waals surface area (Å²) < 4.78 is 27.9. The van der Waals surface area contributed by atoms with E-state index in [-0.39, 0.29) is 15.9 Å². The molecule has 0 saturated heterocycles. The third-order valence-corrected chi connectivity index (χ3v) is 5.28. The summed E-state index contributed by atoms with van der Waals surface area (Å²) in [5.74, 6) is -0.195. The van der Waals surface area contributed by atoms with Crippen molar-refractivity contribution in [2.45, 2.75) is 32.1 Å². The molecular weight excluding hydrogens is 370 g/mol. The van der Waals surface area contributed by atoms with Crippen LogP contribution in [-0.4, -0.2) is 19.4 Å². The Labute approximate surface area is 159 Å². The molecule has 0 fully saturated rings. The Morgan fingerprint density at radius 1 is 1.04 bits per heavy atom. The molecule has 8 heteroatoms. The van der Waals surface area contributed by atoms with Crippen LogP contribution in [0.1, 0.15) is 24.5 Å². The highest BCUT2D eigenvalue weighted by Gasteiger charge is 2.16. The summed E-state index contributed by atoms with van der Waals surface area (Å²) in [6, 6.07) is 11.7. The molecule has 138 valence electrons. The van der Waals surface area contributed by atoms with Crippen LogP contribution in [0.15, 0.2) is 47.4 Å². The van der Waals surface area contributed by atoms with Crippen molar-refractivity contribution in [3.63, 3.8) is 0 Å². The summed E-state index contributed by atoms with van der Waals surface area (Å²) in [5.41, 5.74) is 2.86. The van der Waals surface area contributed by atoms with E-state index in [2.05, 4.69) is 15.4 Å². The van der Waals surface area contributed by atoms with Gasteiger partial charge < -0.3 is 10.6 Å². The molecule has 2 rings (SSSR count). The highest BCUT2D eigenvalue weighted by atomic mass is 32.2. The van der Waals surface area contributed by atoms with E-state index in [0.29, 0.717) is 17.8 Å². The number of rotatable bonds is 5. The number of benzene rings is 2. The molecule has 0 saturated carbocycles. The second-order valence-corrected chi connectivity index (χ2v) is 7.84. The van der Waals surface area contributed by atoms with Gasteiger partial charge in [0.1, 0.15) is 0 Å². The molecule has 0 atom stereocenters. The maximum Gasteiger partial charge on any atom is 0.261 e. The van der Waals surface area contributed by atoms with Gasteiger partial charge in [0.25, 0.3) is 10.0 Å². The molecule has 0 spiro atoms. The molecule has 0 bridgehead atoms. The second kappa shape index (κ2) is 8.29. The van der Waals surface area contributed by atoms with Crippen molar-refractivity contribution in [2.75, 3.05) is 10.0 Å². The van der Waals surface area contributed by atoms with Crippen molar-refractivity contribution in [1.82, 2.24) is 5.32 Å². The maximum absolute atomic E-state index is 12.6. The Hall–Kier alpha value is -2.45. The molecule has 0 aromatic heterocycles. The first-order chi connectivity index (χ1) is 12.2. The number of hydrogen-bond acceptors (Lipinski definition) is 4. The number of sulfonamides is 1. The number of amides is 1. The Balaban J connectivity index is 2.14. The van der Waals surface area contributed by atoms with E-state index in [4.69, 9.17) is 12.2 Å². The van der Waals surface area contributed by atoms with Gasteiger partial charge in [0.15, 0.2) is 5.11 Å². The maximum atomic E-state index is 12.6. The molecule has 0 unspecified atom stereocenters. The summed E-state index contributed by atoms with van der Waals surface area (Å²) in [4.78, 5) is 11.4.